The van der Waals surface area contributed by atoms with E-state index in [4.69, 9.17) is 9.52 Å². The predicted octanol–water partition coefficient (Wildman–Crippen LogP) is 2.39. The van der Waals surface area contributed by atoms with Crippen molar-refractivity contribution in [1.29, 1.82) is 0 Å². The Bertz CT molecular complexity index is 611. The van der Waals surface area contributed by atoms with Crippen LogP contribution in [-0.4, -0.2) is 23.7 Å². The van der Waals surface area contributed by atoms with Gasteiger partial charge in [0, 0.05) is 24.2 Å². The molecule has 0 fully saturated rings. The zero-order valence-electron chi connectivity index (χ0n) is 11.3. The molecule has 2 aromatic rings. The summed E-state index contributed by atoms with van der Waals surface area (Å²) in [5.41, 5.74) is 2.62. The third-order valence-corrected chi connectivity index (χ3v) is 2.85. The molecule has 2 rings (SSSR count). The molecular formula is C16H16FNO2. The number of halogens is 1. The highest BCUT2D eigenvalue weighted by Gasteiger charge is 2.07. The van der Waals surface area contributed by atoms with Crippen LogP contribution in [0.1, 0.15) is 16.7 Å². The van der Waals surface area contributed by atoms with Gasteiger partial charge in [-0.15, -0.1) is 0 Å². The van der Waals surface area contributed by atoms with Crippen LogP contribution < -0.4 is 0 Å². The van der Waals surface area contributed by atoms with Crippen molar-refractivity contribution in [3.05, 3.63) is 59.3 Å². The second-order valence-corrected chi connectivity index (χ2v) is 4.57. The van der Waals surface area contributed by atoms with E-state index < -0.39 is 0 Å². The quantitative estimate of drug-likeness (QED) is 0.869. The van der Waals surface area contributed by atoms with Gasteiger partial charge in [0.05, 0.1) is 12.5 Å². The molecule has 0 spiro atoms. The summed E-state index contributed by atoms with van der Waals surface area (Å²) in [6.07, 6.45) is 3.34. The molecule has 1 aromatic carbocycles. The van der Waals surface area contributed by atoms with Crippen LogP contribution in [0, 0.1) is 17.7 Å². The highest BCUT2D eigenvalue weighted by atomic mass is 19.1. The Morgan fingerprint density at radius 1 is 1.30 bits per heavy atom. The van der Waals surface area contributed by atoms with Gasteiger partial charge in [-0.25, -0.2) is 4.39 Å². The Hall–Kier alpha value is -2.09. The molecule has 0 amide bonds. The van der Waals surface area contributed by atoms with Gasteiger partial charge >= 0.3 is 0 Å². The Morgan fingerprint density at radius 3 is 2.85 bits per heavy atom. The van der Waals surface area contributed by atoms with Gasteiger partial charge in [-0.2, -0.15) is 0 Å². The van der Waals surface area contributed by atoms with Crippen LogP contribution in [-0.2, 0) is 13.1 Å². The maximum absolute atomic E-state index is 13.3. The van der Waals surface area contributed by atoms with Crippen molar-refractivity contribution >= 4 is 0 Å². The summed E-state index contributed by atoms with van der Waals surface area (Å²) in [5.74, 6) is 5.01. The molecule has 1 N–H and O–H groups in total. The van der Waals surface area contributed by atoms with Gasteiger partial charge in [-0.1, -0.05) is 17.9 Å². The standard InChI is InChI=1S/C16H16FNO2/c1-18(10-13-6-8-20-12-13)11-15-4-5-16(17)9-14(15)3-2-7-19/h4-6,8-9,12,19H,7,10-11H2,1H3. The molecule has 0 bridgehead atoms. The lowest BCUT2D eigenvalue weighted by Gasteiger charge is -2.16. The number of hydrogen-bond acceptors (Lipinski definition) is 3. The average Bonchev–Trinajstić information content (AvgIpc) is 2.91. The molecule has 0 aliphatic heterocycles. The van der Waals surface area contributed by atoms with Crippen molar-refractivity contribution in [2.24, 2.45) is 0 Å². The van der Waals surface area contributed by atoms with E-state index >= 15 is 0 Å². The maximum atomic E-state index is 13.3. The van der Waals surface area contributed by atoms with Crippen LogP contribution in [0.5, 0.6) is 0 Å². The number of rotatable bonds is 4. The van der Waals surface area contributed by atoms with Crippen molar-refractivity contribution in [3.63, 3.8) is 0 Å². The highest BCUT2D eigenvalue weighted by Crippen LogP contribution is 2.14. The number of aliphatic hydroxyl groups is 1. The number of benzene rings is 1. The summed E-state index contributed by atoms with van der Waals surface area (Å²) in [4.78, 5) is 2.09. The van der Waals surface area contributed by atoms with E-state index in [2.05, 4.69) is 16.7 Å². The summed E-state index contributed by atoms with van der Waals surface area (Å²) in [5, 5.41) is 8.75. The summed E-state index contributed by atoms with van der Waals surface area (Å²) in [6, 6.07) is 6.45. The third-order valence-electron chi connectivity index (χ3n) is 2.85. The molecule has 0 unspecified atom stereocenters. The first-order valence-corrected chi connectivity index (χ1v) is 6.27. The molecule has 0 radical (unpaired) electrons. The largest absolute Gasteiger partial charge is 0.472 e. The van der Waals surface area contributed by atoms with E-state index in [9.17, 15) is 4.39 Å². The molecule has 0 saturated carbocycles. The van der Waals surface area contributed by atoms with Crippen LogP contribution in [0.3, 0.4) is 0 Å². The van der Waals surface area contributed by atoms with Gasteiger partial charge in [0.15, 0.2) is 0 Å². The van der Waals surface area contributed by atoms with Gasteiger partial charge in [-0.3, -0.25) is 4.90 Å². The van der Waals surface area contributed by atoms with Crippen molar-refractivity contribution in [2.75, 3.05) is 13.7 Å². The second-order valence-electron chi connectivity index (χ2n) is 4.57. The third kappa shape index (κ3) is 3.95. The Labute approximate surface area is 117 Å². The predicted molar refractivity (Wildman–Crippen MR) is 74.2 cm³/mol. The van der Waals surface area contributed by atoms with Crippen molar-refractivity contribution in [2.45, 2.75) is 13.1 Å². The molecule has 0 aliphatic carbocycles. The highest BCUT2D eigenvalue weighted by molar-refractivity contribution is 5.41. The van der Waals surface area contributed by atoms with Crippen LogP contribution in [0.2, 0.25) is 0 Å². The topological polar surface area (TPSA) is 36.6 Å². The number of aliphatic hydroxyl groups excluding tert-OH is 1. The first-order chi connectivity index (χ1) is 9.69. The molecule has 20 heavy (non-hydrogen) atoms. The first kappa shape index (κ1) is 14.3. The van der Waals surface area contributed by atoms with Crippen molar-refractivity contribution in [1.82, 2.24) is 4.90 Å². The van der Waals surface area contributed by atoms with Crippen molar-refractivity contribution < 1.29 is 13.9 Å². The normalized spacial score (nSPS) is 10.4. The molecular weight excluding hydrogens is 257 g/mol. The fourth-order valence-corrected chi connectivity index (χ4v) is 1.98. The lowest BCUT2D eigenvalue weighted by Crippen LogP contribution is -2.17. The zero-order valence-corrected chi connectivity index (χ0v) is 11.3. The maximum Gasteiger partial charge on any atom is 0.124 e. The summed E-state index contributed by atoms with van der Waals surface area (Å²) in [7, 11) is 1.97. The fourth-order valence-electron chi connectivity index (χ4n) is 1.98. The van der Waals surface area contributed by atoms with E-state index in [-0.39, 0.29) is 12.4 Å². The molecule has 3 nitrogen and oxygen atoms in total. The Morgan fingerprint density at radius 2 is 2.15 bits per heavy atom. The Kier molecular flexibility index (Phi) is 4.94. The molecule has 4 heteroatoms. The van der Waals surface area contributed by atoms with Gasteiger partial charge < -0.3 is 9.52 Å². The molecule has 0 atom stereocenters. The molecule has 0 aliphatic rings. The summed E-state index contributed by atoms with van der Waals surface area (Å²) in [6.45, 7) is 1.14. The van der Waals surface area contributed by atoms with E-state index in [1.54, 1.807) is 18.6 Å². The van der Waals surface area contributed by atoms with Gasteiger partial charge in [0.25, 0.3) is 0 Å². The van der Waals surface area contributed by atoms with Crippen molar-refractivity contribution in [3.8, 4) is 11.8 Å². The number of nitrogens with zero attached hydrogens (tertiary/aromatic N) is 1. The van der Waals surface area contributed by atoms with E-state index in [1.165, 1.54) is 12.1 Å². The monoisotopic (exact) mass is 273 g/mol. The molecule has 0 saturated heterocycles. The van der Waals surface area contributed by atoms with Crippen LogP contribution >= 0.6 is 0 Å². The molecule has 104 valence electrons. The van der Waals surface area contributed by atoms with Crippen LogP contribution in [0.15, 0.2) is 41.2 Å². The first-order valence-electron chi connectivity index (χ1n) is 6.27. The summed E-state index contributed by atoms with van der Waals surface area (Å²) < 4.78 is 18.3. The molecule has 1 heterocycles. The smallest absolute Gasteiger partial charge is 0.124 e. The second kappa shape index (κ2) is 6.90. The minimum atomic E-state index is -0.325. The minimum absolute atomic E-state index is 0.235. The van der Waals surface area contributed by atoms with E-state index in [0.29, 0.717) is 12.1 Å². The van der Waals surface area contributed by atoms with Gasteiger partial charge in [0.1, 0.15) is 12.4 Å². The Balaban J connectivity index is 2.11. The van der Waals surface area contributed by atoms with Gasteiger partial charge in [-0.05, 0) is 30.8 Å². The lowest BCUT2D eigenvalue weighted by atomic mass is 10.1. The fraction of sp³-hybridized carbons (Fsp3) is 0.250. The van der Waals surface area contributed by atoms with Crippen LogP contribution in [0.25, 0.3) is 0 Å². The molecule has 1 aromatic heterocycles. The van der Waals surface area contributed by atoms with Gasteiger partial charge in [0.2, 0.25) is 0 Å². The van der Waals surface area contributed by atoms with E-state index in [0.717, 1.165) is 17.7 Å². The lowest BCUT2D eigenvalue weighted by molar-refractivity contribution is 0.317. The number of hydrogen-bond donors (Lipinski definition) is 1. The summed E-state index contributed by atoms with van der Waals surface area (Å²) >= 11 is 0. The van der Waals surface area contributed by atoms with Crippen LogP contribution in [0.4, 0.5) is 4.39 Å². The van der Waals surface area contributed by atoms with E-state index in [1.807, 2.05) is 13.1 Å². The number of furan rings is 1. The minimum Gasteiger partial charge on any atom is -0.472 e. The average molecular weight is 273 g/mol. The zero-order chi connectivity index (χ0) is 14.4. The SMILES string of the molecule is CN(Cc1ccoc1)Cc1ccc(F)cc1C#CCO.